The summed E-state index contributed by atoms with van der Waals surface area (Å²) in [4.78, 5) is 30.8. The number of aliphatic hydroxyl groups excluding tert-OH is 3. The Kier molecular flexibility index (Phi) is 39.5. The summed E-state index contributed by atoms with van der Waals surface area (Å²) >= 11 is 26.4. The van der Waals surface area contributed by atoms with Crippen molar-refractivity contribution >= 4 is 255 Å². The van der Waals surface area contributed by atoms with Crippen LogP contribution in [-0.4, -0.2) is 96.9 Å². The van der Waals surface area contributed by atoms with Gasteiger partial charge >= 0.3 is 35.0 Å². The molecule has 592 valence electrons. The van der Waals surface area contributed by atoms with E-state index in [1.165, 1.54) is 12.3 Å². The van der Waals surface area contributed by atoms with E-state index in [0.717, 1.165) is 140 Å². The Hall–Kier alpha value is -8.21. The number of benzene rings is 16. The van der Waals surface area contributed by atoms with E-state index in [1.807, 2.05) is 231 Å². The van der Waals surface area contributed by atoms with Gasteiger partial charge in [0.1, 0.15) is 28.7 Å². The molecule has 0 bridgehead atoms. The maximum Gasteiger partial charge on any atom is 2.00 e. The molecule has 2 unspecified atom stereocenters. The SMILES string of the molecule is CC(Br)C(=O)[O-].CC(C(=O)O)c1ccc2cc(CO)ccc2c1.C[C@H](C(=O)O)c1ccc2cc(CO)ccc2c1.OCc1ccc2cc(Br)ccc2c1.Oc1ccc2cc(Br)ccc2c1.Oc1ccc2cc(Br)ccc2c1.Oc1ccc2cc(Br)ccc2c1Br.Oc1ccc2cc(Br)ccc2c1Br.Oc1ccc2ccccc2c1.[Cl-].[Mg+2]. The molecule has 24 heteroatoms. The number of phenols is 5. The molecule has 0 aliphatic rings. The molecule has 0 aliphatic carbocycles. The average Bonchev–Trinajstić information content (AvgIpc) is 0.820. The largest absolute Gasteiger partial charge is 2.00 e. The molecule has 16 rings (SSSR count). The minimum absolute atomic E-state index is 0. The van der Waals surface area contributed by atoms with Crippen molar-refractivity contribution in [2.45, 2.75) is 57.3 Å². The number of carboxylic acids is 3. The molecule has 3 atom stereocenters. The molecule has 10 N–H and O–H groups in total. The maximum absolute atomic E-state index is 10.9. The van der Waals surface area contributed by atoms with Gasteiger partial charge in [-0.3, -0.25) is 9.59 Å². The predicted octanol–water partition coefficient (Wildman–Crippen LogP) is 21.6. The van der Waals surface area contributed by atoms with Gasteiger partial charge in [0, 0.05) is 22.4 Å². The number of rotatable bonds is 8. The van der Waals surface area contributed by atoms with Crippen molar-refractivity contribution in [3.63, 3.8) is 0 Å². The summed E-state index contributed by atoms with van der Waals surface area (Å²) in [5, 5.41) is 118. The third kappa shape index (κ3) is 29.1. The van der Waals surface area contributed by atoms with E-state index in [0.29, 0.717) is 17.2 Å². The number of hydrogen-bond donors (Lipinski definition) is 10. The van der Waals surface area contributed by atoms with Crippen LogP contribution >= 0.6 is 127 Å². The molecule has 0 spiro atoms. The number of carbonyl (C=O) groups excluding carboxylic acids is 1. The average molecular weight is 2100 g/mol. The molecule has 16 aromatic rings. The molecule has 0 aromatic heterocycles. The number of carboxylic acid groups (broad SMARTS) is 3. The first-order chi connectivity index (χ1) is 54.4. The number of fused-ring (bicyclic) bond motifs is 8. The summed E-state index contributed by atoms with van der Waals surface area (Å²) in [7, 11) is 0. The van der Waals surface area contributed by atoms with Crippen LogP contribution in [-0.2, 0) is 34.2 Å². The van der Waals surface area contributed by atoms with Crippen molar-refractivity contribution < 1.29 is 83.0 Å². The predicted molar refractivity (Wildman–Crippen MR) is 493 cm³/mol. The van der Waals surface area contributed by atoms with Crippen molar-refractivity contribution in [1.29, 1.82) is 0 Å². The van der Waals surface area contributed by atoms with Crippen LogP contribution in [0.15, 0.2) is 316 Å². The van der Waals surface area contributed by atoms with Gasteiger partial charge in [0.05, 0.1) is 51.4 Å². The van der Waals surface area contributed by atoms with Crippen molar-refractivity contribution in [3.8, 4) is 28.7 Å². The second-order valence-electron chi connectivity index (χ2n) is 25.6. The van der Waals surface area contributed by atoms with Crippen molar-refractivity contribution in [1.82, 2.24) is 0 Å². The zero-order valence-electron chi connectivity index (χ0n) is 62.2. The molecule has 0 amide bonds. The minimum atomic E-state index is -1.07. The number of aliphatic carboxylic acids is 3. The van der Waals surface area contributed by atoms with Gasteiger partial charge in [-0.05, 0) is 294 Å². The summed E-state index contributed by atoms with van der Waals surface area (Å²) < 4.78 is 6.77. The van der Waals surface area contributed by atoms with Crippen LogP contribution in [0.4, 0.5) is 0 Å². The van der Waals surface area contributed by atoms with E-state index in [9.17, 15) is 39.9 Å². The van der Waals surface area contributed by atoms with Gasteiger partial charge in [0.25, 0.3) is 0 Å². The monoisotopic (exact) mass is 2090 g/mol. The third-order valence-electron chi connectivity index (χ3n) is 17.4. The van der Waals surface area contributed by atoms with Gasteiger partial charge in [-0.25, -0.2) is 0 Å². The Balaban J connectivity index is 0.000000204. The number of phenolic OH excluding ortho intramolecular Hbond substituents is 5. The number of carbonyl (C=O) groups is 3. The van der Waals surface area contributed by atoms with E-state index in [1.54, 1.807) is 62.4 Å². The molecule has 0 aliphatic heterocycles. The second kappa shape index (κ2) is 47.4. The van der Waals surface area contributed by atoms with Crippen molar-refractivity contribution in [2.24, 2.45) is 0 Å². The van der Waals surface area contributed by atoms with E-state index in [4.69, 9.17) is 30.6 Å². The summed E-state index contributed by atoms with van der Waals surface area (Å²) in [6.45, 7) is 4.98. The van der Waals surface area contributed by atoms with E-state index < -0.39 is 34.6 Å². The first-order valence-electron chi connectivity index (χ1n) is 34.9. The van der Waals surface area contributed by atoms with Gasteiger partial charge < -0.3 is 73.4 Å². The topological polar surface area (TPSA) is 277 Å². The van der Waals surface area contributed by atoms with Crippen LogP contribution in [0.5, 0.6) is 28.7 Å². The molecule has 0 radical (unpaired) electrons. The van der Waals surface area contributed by atoms with Gasteiger partial charge in [0.15, 0.2) is 0 Å². The van der Waals surface area contributed by atoms with Crippen LogP contribution < -0.4 is 17.5 Å². The molecular weight excluding hydrogens is 2030 g/mol. The van der Waals surface area contributed by atoms with E-state index in [-0.39, 0.29) is 66.8 Å². The molecule has 0 heterocycles. The summed E-state index contributed by atoms with van der Waals surface area (Å²) in [6, 6.07) is 89.5. The maximum atomic E-state index is 10.9. The molecule has 0 fully saturated rings. The fraction of sp³-hybridized carbons (Fsp3) is 0.0978. The first-order valence-corrected chi connectivity index (χ1v) is 41.3. The quantitative estimate of drug-likeness (QED) is 0.0501. The van der Waals surface area contributed by atoms with Crippen LogP contribution in [0.3, 0.4) is 0 Å². The fourth-order valence-corrected chi connectivity index (χ4v) is 14.0. The molecule has 116 heavy (non-hydrogen) atoms. The molecule has 0 saturated carbocycles. The van der Waals surface area contributed by atoms with Gasteiger partial charge in [-0.2, -0.15) is 0 Å². The van der Waals surface area contributed by atoms with Crippen LogP contribution in [0.1, 0.15) is 60.4 Å². The molecular formula is C92H75Br8ClMgO14. The Morgan fingerprint density at radius 1 is 0.310 bits per heavy atom. The Bertz CT molecular complexity index is 5700. The Morgan fingerprint density at radius 2 is 0.543 bits per heavy atom. The van der Waals surface area contributed by atoms with Crippen LogP contribution in [0.2, 0.25) is 0 Å². The number of aliphatic hydroxyl groups is 3. The first kappa shape index (κ1) is 96.6. The van der Waals surface area contributed by atoms with E-state index in [2.05, 4.69) is 134 Å². The van der Waals surface area contributed by atoms with Gasteiger partial charge in [0.2, 0.25) is 0 Å². The molecule has 16 aromatic carbocycles. The van der Waals surface area contributed by atoms with Crippen LogP contribution in [0.25, 0.3) is 86.2 Å². The Labute approximate surface area is 759 Å². The van der Waals surface area contributed by atoms with Gasteiger partial charge in [-0.15, -0.1) is 0 Å². The Morgan fingerprint density at radius 3 is 0.853 bits per heavy atom. The molecule has 14 nitrogen and oxygen atoms in total. The zero-order chi connectivity index (χ0) is 82.9. The summed E-state index contributed by atoms with van der Waals surface area (Å²) in [5.41, 5.74) is 4.26. The number of aromatic hydroxyl groups is 5. The summed E-state index contributed by atoms with van der Waals surface area (Å²) in [5.74, 6) is -2.24. The fourth-order valence-electron chi connectivity index (χ4n) is 11.1. The number of hydrogen-bond acceptors (Lipinski definition) is 12. The van der Waals surface area contributed by atoms with Crippen molar-refractivity contribution in [3.05, 3.63) is 344 Å². The van der Waals surface area contributed by atoms with E-state index >= 15 is 0 Å². The minimum Gasteiger partial charge on any atom is -1.00 e. The second-order valence-corrected chi connectivity index (χ2v) is 33.2. The third-order valence-corrected chi connectivity index (χ3v) is 21.9. The normalized spacial score (nSPS) is 11.1. The number of alkyl halides is 1. The summed E-state index contributed by atoms with van der Waals surface area (Å²) in [6.07, 6.45) is 0. The molecule has 0 saturated heterocycles. The standard InChI is InChI=1S/2C14H14O3.C11H9BrO.2C10H6Br2O.2C10H7BrO.C10H8O.C3H5BrO2.ClH.Mg/c2*1-9(14(16)17)11-4-5-12-6-10(8-15)2-3-13(12)7-11;12-11-4-3-9-5-8(7-13)1-2-10(9)6-11;2*11-7-2-3-8-6(5-7)1-4-9(13)10(8)12;2*11-9-3-1-8-6-10(12)4-2-7(8)5-9;11-10-6-5-8-3-1-2-4-9(8)7-10;1-2(4)3(5)6;;/h2*2-7,9,15H,8H2,1H3,(H,16,17);1-6,13H,7H2;2*1-5,13H;2*1-6,12H;1-7,11H;2H,1H3,(H,5,6);1H;/q;;;;;;;;;;+2/p-2/t9-;;;;;;;;;;/m0........../s1. The number of halogens is 9. The zero-order valence-corrected chi connectivity index (χ0v) is 77.1. The smallest absolute Gasteiger partial charge is 1.00 e. The van der Waals surface area contributed by atoms with Crippen molar-refractivity contribution in [2.75, 3.05) is 0 Å². The van der Waals surface area contributed by atoms with Crippen LogP contribution in [0, 0.1) is 0 Å². The van der Waals surface area contributed by atoms with Gasteiger partial charge in [-0.1, -0.05) is 253 Å².